The number of carbonyl (C=O) groups is 2. The molecular weight excluding hydrogens is 420 g/mol. The highest BCUT2D eigenvalue weighted by molar-refractivity contribution is 6.31. The summed E-state index contributed by atoms with van der Waals surface area (Å²) in [5, 5.41) is 9.34. The van der Waals surface area contributed by atoms with E-state index in [1.807, 2.05) is 42.5 Å². The Morgan fingerprint density at radius 2 is 1.84 bits per heavy atom. The van der Waals surface area contributed by atoms with E-state index in [4.69, 9.17) is 30.9 Å². The van der Waals surface area contributed by atoms with E-state index in [2.05, 4.69) is 0 Å². The number of halogens is 1. The van der Waals surface area contributed by atoms with Crippen molar-refractivity contribution in [3.63, 3.8) is 0 Å². The van der Waals surface area contributed by atoms with Gasteiger partial charge in [-0.15, -0.1) is 0 Å². The number of carboxylic acid groups (broad SMARTS) is 1. The summed E-state index contributed by atoms with van der Waals surface area (Å²) >= 11 is 6.34. The highest BCUT2D eigenvalue weighted by Crippen LogP contribution is 2.43. The molecule has 0 spiro atoms. The molecule has 1 aliphatic heterocycles. The lowest BCUT2D eigenvalue weighted by Gasteiger charge is -2.37. The molecular formula is C24H25ClO6. The number of benzene rings is 2. The summed E-state index contributed by atoms with van der Waals surface area (Å²) in [6.45, 7) is 1.76. The smallest absolute Gasteiger partial charge is 0.308 e. The van der Waals surface area contributed by atoms with E-state index in [0.717, 1.165) is 11.1 Å². The van der Waals surface area contributed by atoms with Gasteiger partial charge >= 0.3 is 11.9 Å². The van der Waals surface area contributed by atoms with Crippen LogP contribution in [0.25, 0.3) is 0 Å². The van der Waals surface area contributed by atoms with Gasteiger partial charge in [-0.2, -0.15) is 0 Å². The minimum Gasteiger partial charge on any atom is -0.481 e. The second-order valence-corrected chi connectivity index (χ2v) is 7.68. The third-order valence-electron chi connectivity index (χ3n) is 4.93. The van der Waals surface area contributed by atoms with Crippen molar-refractivity contribution in [2.75, 3.05) is 6.61 Å². The lowest BCUT2D eigenvalue weighted by molar-refractivity contribution is -0.244. The van der Waals surface area contributed by atoms with Gasteiger partial charge in [-0.05, 0) is 25.0 Å². The van der Waals surface area contributed by atoms with Crippen LogP contribution in [0.15, 0.2) is 60.7 Å². The Labute approximate surface area is 186 Å². The Bertz CT molecular complexity index is 941. The summed E-state index contributed by atoms with van der Waals surface area (Å²) < 4.78 is 17.7. The second-order valence-electron chi connectivity index (χ2n) is 7.27. The van der Waals surface area contributed by atoms with E-state index in [0.29, 0.717) is 30.2 Å². The maximum Gasteiger partial charge on any atom is 0.308 e. The molecule has 1 saturated heterocycles. The number of allylic oxidation sites excluding steroid dienone is 2. The number of carbonyl (C=O) groups excluding carboxylic acids is 1. The van der Waals surface area contributed by atoms with Crippen LogP contribution in [0.3, 0.4) is 0 Å². The monoisotopic (exact) mass is 444 g/mol. The standard InChI is InChI=1S/C24H25ClO6/c1-16(26)30-21-13-8-6-11-19(21)23-17(9-3-2-4-14-22(27)28)15-29-24(31-23)18-10-5-7-12-20(18)25/h2-3,5-8,10-13,17,23-24H,4,9,14-15H2,1H3,(H,27,28)/t17-,23+,24+/m0/s1. The van der Waals surface area contributed by atoms with E-state index in [1.54, 1.807) is 18.2 Å². The van der Waals surface area contributed by atoms with Gasteiger partial charge in [-0.3, -0.25) is 9.59 Å². The van der Waals surface area contributed by atoms with E-state index >= 15 is 0 Å². The van der Waals surface area contributed by atoms with Gasteiger partial charge in [0.2, 0.25) is 0 Å². The highest BCUT2D eigenvalue weighted by Gasteiger charge is 2.35. The van der Waals surface area contributed by atoms with Crippen LogP contribution in [0.4, 0.5) is 0 Å². The zero-order chi connectivity index (χ0) is 22.2. The fourth-order valence-corrected chi connectivity index (χ4v) is 3.71. The number of rotatable bonds is 8. The molecule has 0 saturated carbocycles. The number of aliphatic carboxylic acids is 1. The van der Waals surface area contributed by atoms with E-state index < -0.39 is 24.3 Å². The molecule has 7 heteroatoms. The molecule has 1 aliphatic rings. The van der Waals surface area contributed by atoms with Gasteiger partial charge in [-0.25, -0.2) is 0 Å². The Morgan fingerprint density at radius 1 is 1.13 bits per heavy atom. The number of esters is 1. The normalized spacial score (nSPS) is 21.2. The van der Waals surface area contributed by atoms with Gasteiger partial charge in [0.05, 0.1) is 12.7 Å². The zero-order valence-corrected chi connectivity index (χ0v) is 18.0. The molecule has 164 valence electrons. The Hall–Kier alpha value is -2.67. The first-order chi connectivity index (χ1) is 15.0. The molecule has 1 heterocycles. The molecule has 2 aromatic rings. The maximum atomic E-state index is 11.6. The van der Waals surface area contributed by atoms with Crippen LogP contribution >= 0.6 is 11.6 Å². The third kappa shape index (κ3) is 6.40. The first kappa shape index (κ1) is 23.0. The summed E-state index contributed by atoms with van der Waals surface area (Å²) in [5.41, 5.74) is 1.48. The van der Waals surface area contributed by atoms with Gasteiger partial charge in [0.15, 0.2) is 6.29 Å². The van der Waals surface area contributed by atoms with Crippen LogP contribution in [0.2, 0.25) is 5.02 Å². The summed E-state index contributed by atoms with van der Waals surface area (Å²) in [6.07, 6.45) is 3.89. The van der Waals surface area contributed by atoms with Crippen molar-refractivity contribution in [2.24, 2.45) is 5.92 Å². The number of para-hydroxylation sites is 1. The lowest BCUT2D eigenvalue weighted by Crippen LogP contribution is -2.31. The predicted molar refractivity (Wildman–Crippen MR) is 116 cm³/mol. The first-order valence-corrected chi connectivity index (χ1v) is 10.5. The third-order valence-corrected chi connectivity index (χ3v) is 5.27. The Balaban J connectivity index is 1.85. The van der Waals surface area contributed by atoms with Crippen molar-refractivity contribution >= 4 is 23.5 Å². The molecule has 3 rings (SSSR count). The number of carboxylic acids is 1. The molecule has 1 N–H and O–H groups in total. The number of hydrogen-bond donors (Lipinski definition) is 1. The Kier molecular flexibility index (Phi) is 8.23. The van der Waals surface area contributed by atoms with Crippen LogP contribution in [-0.2, 0) is 19.1 Å². The summed E-state index contributed by atoms with van der Waals surface area (Å²) in [5.74, 6) is -0.854. The van der Waals surface area contributed by atoms with Crippen LogP contribution in [0.5, 0.6) is 5.75 Å². The predicted octanol–water partition coefficient (Wildman–Crippen LogP) is 5.48. The van der Waals surface area contributed by atoms with Crippen molar-refractivity contribution in [3.8, 4) is 5.75 Å². The SMILES string of the molecule is CC(=O)Oc1ccccc1[C@@H]1O[C@H](c2ccccc2Cl)OC[C@@H]1CC=CCCC(=O)O. The molecule has 0 aromatic heterocycles. The number of hydrogen-bond acceptors (Lipinski definition) is 5. The molecule has 31 heavy (non-hydrogen) atoms. The van der Waals surface area contributed by atoms with Gasteiger partial charge in [-0.1, -0.05) is 60.2 Å². The van der Waals surface area contributed by atoms with Crippen molar-refractivity contribution < 1.29 is 28.9 Å². The van der Waals surface area contributed by atoms with Crippen molar-refractivity contribution in [2.45, 2.75) is 38.6 Å². The van der Waals surface area contributed by atoms with Crippen LogP contribution in [0, 0.1) is 5.92 Å². The average molecular weight is 445 g/mol. The molecule has 0 radical (unpaired) electrons. The molecule has 1 fully saturated rings. The molecule has 0 bridgehead atoms. The van der Waals surface area contributed by atoms with Gasteiger partial charge in [0.1, 0.15) is 5.75 Å². The zero-order valence-electron chi connectivity index (χ0n) is 17.2. The summed E-state index contributed by atoms with van der Waals surface area (Å²) in [4.78, 5) is 22.3. The first-order valence-electron chi connectivity index (χ1n) is 10.1. The molecule has 6 nitrogen and oxygen atoms in total. The summed E-state index contributed by atoms with van der Waals surface area (Å²) in [7, 11) is 0. The van der Waals surface area contributed by atoms with E-state index in [-0.39, 0.29) is 12.3 Å². The fraction of sp³-hybridized carbons (Fsp3) is 0.333. The minimum atomic E-state index is -0.829. The van der Waals surface area contributed by atoms with Gasteiger partial charge in [0, 0.05) is 35.4 Å². The van der Waals surface area contributed by atoms with Crippen LogP contribution < -0.4 is 4.74 Å². The van der Waals surface area contributed by atoms with E-state index in [1.165, 1.54) is 6.92 Å². The van der Waals surface area contributed by atoms with Crippen molar-refractivity contribution in [3.05, 3.63) is 76.8 Å². The molecule has 3 atom stereocenters. The fourth-order valence-electron chi connectivity index (χ4n) is 3.49. The highest BCUT2D eigenvalue weighted by atomic mass is 35.5. The average Bonchev–Trinajstić information content (AvgIpc) is 2.74. The molecule has 0 aliphatic carbocycles. The van der Waals surface area contributed by atoms with Crippen molar-refractivity contribution in [1.82, 2.24) is 0 Å². The van der Waals surface area contributed by atoms with Crippen LogP contribution in [-0.4, -0.2) is 23.7 Å². The topological polar surface area (TPSA) is 82.1 Å². The molecule has 0 amide bonds. The lowest BCUT2D eigenvalue weighted by atomic mass is 9.91. The second kappa shape index (κ2) is 11.1. The molecule has 0 unspecified atom stereocenters. The van der Waals surface area contributed by atoms with Crippen molar-refractivity contribution in [1.29, 1.82) is 0 Å². The Morgan fingerprint density at radius 3 is 2.55 bits per heavy atom. The number of ether oxygens (including phenoxy) is 3. The largest absolute Gasteiger partial charge is 0.481 e. The maximum absolute atomic E-state index is 11.6. The van der Waals surface area contributed by atoms with Gasteiger partial charge < -0.3 is 19.3 Å². The van der Waals surface area contributed by atoms with Crippen LogP contribution in [0.1, 0.15) is 49.7 Å². The van der Waals surface area contributed by atoms with Gasteiger partial charge in [0.25, 0.3) is 0 Å². The molecule has 2 aromatic carbocycles. The minimum absolute atomic E-state index is 0.0588. The van der Waals surface area contributed by atoms with E-state index in [9.17, 15) is 9.59 Å². The quantitative estimate of drug-likeness (QED) is 0.330. The summed E-state index contributed by atoms with van der Waals surface area (Å²) in [6, 6.07) is 14.6.